The topological polar surface area (TPSA) is 38.9 Å². The molecule has 0 radical (unpaired) electrons. The third kappa shape index (κ3) is 2.23. The van der Waals surface area contributed by atoms with Gasteiger partial charge in [-0.1, -0.05) is 17.2 Å². The molecule has 1 saturated carbocycles. The van der Waals surface area contributed by atoms with E-state index in [4.69, 9.17) is 17.3 Å². The van der Waals surface area contributed by atoms with Crippen LogP contribution in [-0.4, -0.2) is 11.0 Å². The van der Waals surface area contributed by atoms with Crippen molar-refractivity contribution in [1.29, 1.82) is 0 Å². The number of nitrogens with two attached hydrogens (primary N) is 1. The van der Waals surface area contributed by atoms with E-state index in [1.165, 1.54) is 12.0 Å². The minimum atomic E-state index is 0.227. The van der Waals surface area contributed by atoms with Crippen LogP contribution in [-0.2, 0) is 0 Å². The standard InChI is InChI=1S/C13H13ClN2S/c14-9-4-5-11-12(7-9)17-13(16-11)6-8-2-1-3-10(8)15/h4-7,10H,1-3,15H2/b8-6+. The van der Waals surface area contributed by atoms with Crippen molar-refractivity contribution in [3.63, 3.8) is 0 Å². The second-order valence-electron chi connectivity index (χ2n) is 4.38. The van der Waals surface area contributed by atoms with Crippen LogP contribution < -0.4 is 5.73 Å². The van der Waals surface area contributed by atoms with Crippen molar-refractivity contribution in [2.45, 2.75) is 25.3 Å². The Morgan fingerprint density at radius 3 is 3.12 bits per heavy atom. The maximum absolute atomic E-state index is 6.03. The number of aromatic nitrogens is 1. The molecule has 1 aromatic heterocycles. The van der Waals surface area contributed by atoms with E-state index in [2.05, 4.69) is 11.1 Å². The van der Waals surface area contributed by atoms with Crippen LogP contribution in [0, 0.1) is 0 Å². The van der Waals surface area contributed by atoms with Gasteiger partial charge in [-0.2, -0.15) is 0 Å². The highest BCUT2D eigenvalue weighted by Crippen LogP contribution is 2.30. The van der Waals surface area contributed by atoms with Gasteiger partial charge in [0.05, 0.1) is 10.2 Å². The summed E-state index contributed by atoms with van der Waals surface area (Å²) in [6, 6.07) is 6.03. The largest absolute Gasteiger partial charge is 0.324 e. The van der Waals surface area contributed by atoms with Crippen LogP contribution in [0.5, 0.6) is 0 Å². The van der Waals surface area contributed by atoms with E-state index in [0.29, 0.717) is 0 Å². The number of fused-ring (bicyclic) bond motifs is 1. The number of halogens is 1. The molecular weight excluding hydrogens is 252 g/mol. The van der Waals surface area contributed by atoms with E-state index in [-0.39, 0.29) is 6.04 Å². The fourth-order valence-corrected chi connectivity index (χ4v) is 3.43. The van der Waals surface area contributed by atoms with Crippen molar-refractivity contribution >= 4 is 39.2 Å². The van der Waals surface area contributed by atoms with Gasteiger partial charge in [0.15, 0.2) is 0 Å². The van der Waals surface area contributed by atoms with Crippen molar-refractivity contribution in [1.82, 2.24) is 4.98 Å². The van der Waals surface area contributed by atoms with Crippen LogP contribution >= 0.6 is 22.9 Å². The third-order valence-corrected chi connectivity index (χ3v) is 4.33. The van der Waals surface area contributed by atoms with Crippen LogP contribution in [0.2, 0.25) is 5.02 Å². The fourth-order valence-electron chi connectivity index (χ4n) is 2.21. The Kier molecular flexibility index (Phi) is 2.90. The summed E-state index contributed by atoms with van der Waals surface area (Å²) in [5.74, 6) is 0. The van der Waals surface area contributed by atoms with Gasteiger partial charge in [-0.25, -0.2) is 4.98 Å². The van der Waals surface area contributed by atoms with E-state index in [9.17, 15) is 0 Å². The van der Waals surface area contributed by atoms with E-state index < -0.39 is 0 Å². The quantitative estimate of drug-likeness (QED) is 0.850. The Morgan fingerprint density at radius 2 is 2.35 bits per heavy atom. The summed E-state index contributed by atoms with van der Waals surface area (Å²) >= 11 is 7.64. The molecule has 0 saturated heterocycles. The minimum absolute atomic E-state index is 0.227. The number of hydrogen-bond donors (Lipinski definition) is 1. The zero-order valence-electron chi connectivity index (χ0n) is 9.32. The molecule has 1 unspecified atom stereocenters. The molecule has 1 fully saturated rings. The first-order chi connectivity index (χ1) is 8.22. The highest BCUT2D eigenvalue weighted by atomic mass is 35.5. The van der Waals surface area contributed by atoms with Crippen molar-refractivity contribution < 1.29 is 0 Å². The highest BCUT2D eigenvalue weighted by Gasteiger charge is 2.17. The average Bonchev–Trinajstić information content (AvgIpc) is 2.85. The lowest BCUT2D eigenvalue weighted by molar-refractivity contribution is 0.775. The van der Waals surface area contributed by atoms with E-state index in [0.717, 1.165) is 33.1 Å². The molecule has 88 valence electrons. The van der Waals surface area contributed by atoms with Crippen LogP contribution in [0.15, 0.2) is 23.8 Å². The average molecular weight is 265 g/mol. The fraction of sp³-hybridized carbons (Fsp3) is 0.308. The molecule has 1 aliphatic carbocycles. The van der Waals surface area contributed by atoms with Gasteiger partial charge >= 0.3 is 0 Å². The zero-order valence-corrected chi connectivity index (χ0v) is 10.9. The third-order valence-electron chi connectivity index (χ3n) is 3.13. The molecule has 2 nitrogen and oxygen atoms in total. The molecule has 1 aliphatic rings. The molecule has 0 spiro atoms. The molecule has 0 amide bonds. The number of benzene rings is 1. The maximum atomic E-state index is 6.03. The Bertz CT molecular complexity index is 588. The molecule has 1 heterocycles. The van der Waals surface area contributed by atoms with Crippen molar-refractivity contribution in [3.05, 3.63) is 33.8 Å². The summed E-state index contributed by atoms with van der Waals surface area (Å²) in [7, 11) is 0. The summed E-state index contributed by atoms with van der Waals surface area (Å²) in [6.07, 6.45) is 5.56. The monoisotopic (exact) mass is 264 g/mol. The lowest BCUT2D eigenvalue weighted by Gasteiger charge is -2.02. The van der Waals surface area contributed by atoms with Gasteiger partial charge in [0, 0.05) is 11.1 Å². The van der Waals surface area contributed by atoms with Gasteiger partial charge in [0.25, 0.3) is 0 Å². The maximum Gasteiger partial charge on any atom is 0.117 e. The minimum Gasteiger partial charge on any atom is -0.324 e. The summed E-state index contributed by atoms with van der Waals surface area (Å²) in [6.45, 7) is 0. The molecule has 4 heteroatoms. The first-order valence-corrected chi connectivity index (χ1v) is 6.94. The Labute approximate surface area is 109 Å². The van der Waals surface area contributed by atoms with Crippen LogP contribution in [0.1, 0.15) is 24.3 Å². The summed E-state index contributed by atoms with van der Waals surface area (Å²) < 4.78 is 1.14. The summed E-state index contributed by atoms with van der Waals surface area (Å²) in [5, 5.41) is 1.80. The summed E-state index contributed by atoms with van der Waals surface area (Å²) in [4.78, 5) is 4.58. The predicted molar refractivity (Wildman–Crippen MR) is 74.4 cm³/mol. The van der Waals surface area contributed by atoms with Gasteiger partial charge in [0.1, 0.15) is 5.01 Å². The lowest BCUT2D eigenvalue weighted by Crippen LogP contribution is -2.16. The SMILES string of the molecule is NC1CCC/C1=C\c1nc2ccc(Cl)cc2s1. The second-order valence-corrected chi connectivity index (χ2v) is 5.88. The Hall–Kier alpha value is -0.900. The lowest BCUT2D eigenvalue weighted by atomic mass is 10.1. The molecular formula is C13H13ClN2S. The van der Waals surface area contributed by atoms with Crippen molar-refractivity contribution in [3.8, 4) is 0 Å². The van der Waals surface area contributed by atoms with Gasteiger partial charge < -0.3 is 5.73 Å². The smallest absolute Gasteiger partial charge is 0.117 e. The van der Waals surface area contributed by atoms with Crippen molar-refractivity contribution in [2.24, 2.45) is 5.73 Å². The van der Waals surface area contributed by atoms with Crippen LogP contribution in [0.4, 0.5) is 0 Å². The van der Waals surface area contributed by atoms with E-state index in [1.807, 2.05) is 18.2 Å². The molecule has 1 aromatic carbocycles. The van der Waals surface area contributed by atoms with Gasteiger partial charge in [-0.3, -0.25) is 0 Å². The second kappa shape index (κ2) is 4.41. The molecule has 0 bridgehead atoms. The number of hydrogen-bond acceptors (Lipinski definition) is 3. The zero-order chi connectivity index (χ0) is 11.8. The molecule has 1 atom stereocenters. The van der Waals surface area contributed by atoms with Crippen LogP contribution in [0.25, 0.3) is 16.3 Å². The van der Waals surface area contributed by atoms with E-state index >= 15 is 0 Å². The van der Waals surface area contributed by atoms with Gasteiger partial charge in [-0.15, -0.1) is 11.3 Å². The van der Waals surface area contributed by atoms with Crippen LogP contribution in [0.3, 0.4) is 0 Å². The highest BCUT2D eigenvalue weighted by molar-refractivity contribution is 7.19. The molecule has 0 aliphatic heterocycles. The number of thiazole rings is 1. The molecule has 3 rings (SSSR count). The van der Waals surface area contributed by atoms with E-state index in [1.54, 1.807) is 11.3 Å². The number of nitrogens with zero attached hydrogens (tertiary/aromatic N) is 1. The first-order valence-electron chi connectivity index (χ1n) is 5.74. The Morgan fingerprint density at radius 1 is 1.47 bits per heavy atom. The molecule has 17 heavy (non-hydrogen) atoms. The number of rotatable bonds is 1. The summed E-state index contributed by atoms with van der Waals surface area (Å²) in [5.41, 5.74) is 8.37. The predicted octanol–water partition coefficient (Wildman–Crippen LogP) is 3.84. The van der Waals surface area contributed by atoms with Gasteiger partial charge in [-0.05, 0) is 43.5 Å². The Balaban J connectivity index is 2.01. The van der Waals surface area contributed by atoms with Gasteiger partial charge in [0.2, 0.25) is 0 Å². The first kappa shape index (κ1) is 11.2. The normalized spacial score (nSPS) is 22.7. The molecule has 2 N–H and O–H groups in total. The molecule has 2 aromatic rings. The van der Waals surface area contributed by atoms with Crippen molar-refractivity contribution in [2.75, 3.05) is 0 Å².